The summed E-state index contributed by atoms with van der Waals surface area (Å²) in [6, 6.07) is 6.92. The molecule has 2 aromatic carbocycles. The number of hydrogen-bond donors (Lipinski definition) is 3. The van der Waals surface area contributed by atoms with Crippen molar-refractivity contribution < 1.29 is 23.8 Å². The van der Waals surface area contributed by atoms with E-state index in [4.69, 9.17) is 14.2 Å². The van der Waals surface area contributed by atoms with Crippen molar-refractivity contribution in [2.75, 3.05) is 38.5 Å². The number of hydrogen-bond acceptors (Lipinski definition) is 8. The Morgan fingerprint density at radius 2 is 1.80 bits per heavy atom. The molecule has 1 heterocycles. The topological polar surface area (TPSA) is 133 Å². The summed E-state index contributed by atoms with van der Waals surface area (Å²) in [5, 5.41) is 13.7. The fraction of sp³-hybridized carbons (Fsp3) is 0.455. The van der Waals surface area contributed by atoms with E-state index in [0.29, 0.717) is 54.3 Å². The molecular formula is C33H43N5O6. The van der Waals surface area contributed by atoms with E-state index in [1.165, 1.54) is 6.92 Å². The quantitative estimate of drug-likeness (QED) is 0.258. The van der Waals surface area contributed by atoms with E-state index in [0.717, 1.165) is 33.8 Å². The van der Waals surface area contributed by atoms with E-state index in [2.05, 4.69) is 21.0 Å². The number of carbonyl (C=O) groups is 2. The van der Waals surface area contributed by atoms with Gasteiger partial charge < -0.3 is 30.2 Å². The van der Waals surface area contributed by atoms with E-state index in [-0.39, 0.29) is 35.7 Å². The van der Waals surface area contributed by atoms with Crippen molar-refractivity contribution in [3.8, 4) is 28.4 Å². The third-order valence-corrected chi connectivity index (χ3v) is 7.89. The summed E-state index contributed by atoms with van der Waals surface area (Å²) in [5.74, 6) is 1.19. The first-order chi connectivity index (χ1) is 21.0. The molecule has 11 heteroatoms. The molecule has 11 nitrogen and oxygen atoms in total. The summed E-state index contributed by atoms with van der Waals surface area (Å²) >= 11 is 0. The highest BCUT2D eigenvalue weighted by atomic mass is 16.5. The van der Waals surface area contributed by atoms with Crippen LogP contribution in [0.4, 0.5) is 11.4 Å². The van der Waals surface area contributed by atoms with Crippen molar-refractivity contribution in [3.05, 3.63) is 57.0 Å². The minimum Gasteiger partial charge on any atom is -0.493 e. The maximum atomic E-state index is 13.5. The first-order valence-corrected chi connectivity index (χ1v) is 14.9. The maximum Gasteiger partial charge on any atom is 0.224 e. The second-order valence-electron chi connectivity index (χ2n) is 11.3. The van der Waals surface area contributed by atoms with Gasteiger partial charge in [0.2, 0.25) is 23.0 Å². The Labute approximate surface area is 258 Å². The van der Waals surface area contributed by atoms with Crippen molar-refractivity contribution in [1.29, 1.82) is 0 Å². The summed E-state index contributed by atoms with van der Waals surface area (Å²) in [7, 11) is 4.69. The number of aromatic nitrogens is 2. The molecule has 1 atom stereocenters. The van der Waals surface area contributed by atoms with E-state index in [9.17, 15) is 14.4 Å². The predicted octanol–water partition coefficient (Wildman–Crippen LogP) is 5.09. The van der Waals surface area contributed by atoms with Gasteiger partial charge in [-0.05, 0) is 81.8 Å². The smallest absolute Gasteiger partial charge is 0.224 e. The Hall–Kier alpha value is -4.54. The van der Waals surface area contributed by atoms with Crippen molar-refractivity contribution in [2.45, 2.75) is 72.4 Å². The average Bonchev–Trinajstić information content (AvgIpc) is 3.09. The molecular weight excluding hydrogens is 562 g/mol. The van der Waals surface area contributed by atoms with Gasteiger partial charge in [-0.15, -0.1) is 0 Å². The second kappa shape index (κ2) is 13.8. The minimum atomic E-state index is -0.389. The molecule has 1 unspecified atom stereocenters. The molecule has 0 saturated carbocycles. The number of fused-ring (bicyclic) bond motifs is 3. The summed E-state index contributed by atoms with van der Waals surface area (Å²) in [6.07, 6.45) is 1.99. The van der Waals surface area contributed by atoms with E-state index < -0.39 is 0 Å². The fourth-order valence-corrected chi connectivity index (χ4v) is 5.87. The molecule has 44 heavy (non-hydrogen) atoms. The van der Waals surface area contributed by atoms with Crippen LogP contribution >= 0.6 is 0 Å². The third kappa shape index (κ3) is 6.66. The standard InChI is InChI=1S/C33H43N5O6/c1-18(2)38-20(4)31(19(3)37-38)36-29(41)10-9-15-34-26-14-12-23-24(17-27(26)40)25(35-21(5)39)13-11-22-16-28(42-6)32(43-7)33(44-8)30(22)23/h12,14,16-18,25H,9-11,13,15H2,1-8H3,(H,34,40)(H,35,39)(H,36,41). The van der Waals surface area contributed by atoms with Crippen LogP contribution in [0.5, 0.6) is 17.2 Å². The number of methoxy groups -OCH3 is 3. The SMILES string of the molecule is COc1cc2c(c(OC)c1OC)-c1ccc(NCCCC(=O)Nc3c(C)nn(C(C)C)c3C)c(=O)cc1C(NC(C)=O)CC2. The monoisotopic (exact) mass is 605 g/mol. The number of anilines is 2. The van der Waals surface area contributed by atoms with Gasteiger partial charge in [0, 0.05) is 31.5 Å². The molecule has 3 aromatic rings. The Bertz CT molecular complexity index is 1610. The molecule has 2 amide bonds. The number of nitrogens with zero attached hydrogens (tertiary/aromatic N) is 2. The summed E-state index contributed by atoms with van der Waals surface area (Å²) in [6.45, 7) is 9.81. The van der Waals surface area contributed by atoms with Gasteiger partial charge in [0.15, 0.2) is 11.5 Å². The van der Waals surface area contributed by atoms with Gasteiger partial charge in [0.1, 0.15) is 0 Å². The molecule has 0 spiro atoms. The lowest BCUT2D eigenvalue weighted by atomic mass is 9.95. The molecule has 0 fully saturated rings. The second-order valence-corrected chi connectivity index (χ2v) is 11.3. The van der Waals surface area contributed by atoms with Crippen LogP contribution < -0.4 is 35.6 Å². The van der Waals surface area contributed by atoms with Crippen molar-refractivity contribution in [1.82, 2.24) is 15.1 Å². The number of aryl methyl sites for hydroxylation is 2. The molecule has 0 bridgehead atoms. The maximum absolute atomic E-state index is 13.5. The van der Waals surface area contributed by atoms with Crippen molar-refractivity contribution in [2.24, 2.45) is 0 Å². The van der Waals surface area contributed by atoms with Gasteiger partial charge >= 0.3 is 0 Å². The molecule has 1 aliphatic carbocycles. The minimum absolute atomic E-state index is 0.111. The number of ether oxygens (including phenoxy) is 3. The normalized spacial score (nSPS) is 13.8. The number of nitrogens with one attached hydrogen (secondary N) is 3. The van der Waals surface area contributed by atoms with E-state index in [1.54, 1.807) is 33.5 Å². The first kappa shape index (κ1) is 32.4. The van der Waals surface area contributed by atoms with Crippen LogP contribution in [0.15, 0.2) is 29.1 Å². The highest BCUT2D eigenvalue weighted by molar-refractivity contribution is 5.92. The number of amides is 2. The van der Waals surface area contributed by atoms with Crippen LogP contribution in [-0.4, -0.2) is 49.5 Å². The highest BCUT2D eigenvalue weighted by Crippen LogP contribution is 2.50. The lowest BCUT2D eigenvalue weighted by Gasteiger charge is -2.19. The fourth-order valence-electron chi connectivity index (χ4n) is 5.87. The van der Waals surface area contributed by atoms with Crippen LogP contribution in [0, 0.1) is 13.8 Å². The lowest BCUT2D eigenvalue weighted by Crippen LogP contribution is -2.26. The van der Waals surface area contributed by atoms with Gasteiger partial charge in [-0.1, -0.05) is 6.07 Å². The van der Waals surface area contributed by atoms with Gasteiger partial charge in [-0.25, -0.2) is 0 Å². The summed E-state index contributed by atoms with van der Waals surface area (Å²) in [4.78, 5) is 38.4. The van der Waals surface area contributed by atoms with Gasteiger partial charge in [0.25, 0.3) is 0 Å². The zero-order chi connectivity index (χ0) is 32.1. The van der Waals surface area contributed by atoms with Crippen LogP contribution in [-0.2, 0) is 16.0 Å². The molecule has 3 N–H and O–H groups in total. The molecule has 4 rings (SSSR count). The lowest BCUT2D eigenvalue weighted by molar-refractivity contribution is -0.119. The molecule has 0 aliphatic heterocycles. The Balaban J connectivity index is 1.60. The Morgan fingerprint density at radius 3 is 2.41 bits per heavy atom. The first-order valence-electron chi connectivity index (χ1n) is 14.9. The van der Waals surface area contributed by atoms with Gasteiger partial charge in [-0.3, -0.25) is 19.1 Å². The van der Waals surface area contributed by atoms with Gasteiger partial charge in [-0.2, -0.15) is 5.10 Å². The van der Waals surface area contributed by atoms with Crippen LogP contribution in [0.25, 0.3) is 11.1 Å². The molecule has 1 aliphatic rings. The molecule has 0 radical (unpaired) electrons. The van der Waals surface area contributed by atoms with Crippen LogP contribution in [0.3, 0.4) is 0 Å². The summed E-state index contributed by atoms with van der Waals surface area (Å²) < 4.78 is 19.0. The Kier molecular flexibility index (Phi) is 10.2. The van der Waals surface area contributed by atoms with Crippen molar-refractivity contribution in [3.63, 3.8) is 0 Å². The summed E-state index contributed by atoms with van der Waals surface area (Å²) in [5.41, 5.74) is 5.81. The molecule has 0 saturated heterocycles. The average molecular weight is 606 g/mol. The number of carbonyl (C=O) groups excluding carboxylic acids is 2. The Morgan fingerprint density at radius 1 is 1.07 bits per heavy atom. The largest absolute Gasteiger partial charge is 0.493 e. The van der Waals surface area contributed by atoms with E-state index >= 15 is 0 Å². The number of benzene rings is 1. The molecule has 1 aromatic heterocycles. The van der Waals surface area contributed by atoms with Gasteiger partial charge in [0.05, 0.1) is 50.1 Å². The predicted molar refractivity (Wildman–Crippen MR) is 171 cm³/mol. The highest BCUT2D eigenvalue weighted by Gasteiger charge is 2.29. The van der Waals surface area contributed by atoms with Crippen LogP contribution in [0.2, 0.25) is 0 Å². The van der Waals surface area contributed by atoms with Crippen LogP contribution in [0.1, 0.15) is 74.6 Å². The third-order valence-electron chi connectivity index (χ3n) is 7.89. The molecule has 236 valence electrons. The zero-order valence-electron chi connectivity index (χ0n) is 26.8. The van der Waals surface area contributed by atoms with E-state index in [1.807, 2.05) is 44.5 Å². The number of rotatable bonds is 11. The zero-order valence-corrected chi connectivity index (χ0v) is 26.8. The van der Waals surface area contributed by atoms with Crippen molar-refractivity contribution >= 4 is 23.2 Å².